The van der Waals surface area contributed by atoms with E-state index in [1.165, 1.54) is 6.07 Å². The SMILES string of the molecule is Cc1ccc(-c2c(C(OC(C)(C)C)C(=O)O)c(C)nc3c2ccn3Cc2ccc(Cl)cc2F)cc1. The third-order valence-electron chi connectivity index (χ3n) is 5.79. The Bertz CT molecular complexity index is 1400. The first kappa shape index (κ1) is 24.9. The van der Waals surface area contributed by atoms with E-state index < -0.39 is 23.5 Å². The Morgan fingerprint density at radius 3 is 2.43 bits per heavy atom. The topological polar surface area (TPSA) is 64.3 Å². The highest BCUT2D eigenvalue weighted by Crippen LogP contribution is 2.40. The standard InChI is InChI=1S/C28H28ClFN2O3/c1-16-6-8-18(9-7-16)24-21-12-13-32(15-19-10-11-20(29)14-22(19)30)26(21)31-17(2)23(24)25(27(33)34)35-28(3,4)5/h6-14,25H,15H2,1-5H3,(H,33,34). The van der Waals surface area contributed by atoms with Crippen molar-refractivity contribution in [2.45, 2.75) is 52.9 Å². The Labute approximate surface area is 209 Å². The first-order valence-corrected chi connectivity index (χ1v) is 11.7. The van der Waals surface area contributed by atoms with Crippen LogP contribution in [0.4, 0.5) is 4.39 Å². The van der Waals surface area contributed by atoms with Crippen LogP contribution in [0.1, 0.15) is 49.3 Å². The van der Waals surface area contributed by atoms with Gasteiger partial charge in [0.05, 0.1) is 12.1 Å². The normalized spacial score (nSPS) is 12.8. The monoisotopic (exact) mass is 494 g/mol. The molecule has 0 radical (unpaired) electrons. The minimum atomic E-state index is -1.21. The number of aryl methyl sites for hydroxylation is 2. The van der Waals surface area contributed by atoms with Crippen molar-refractivity contribution >= 4 is 28.6 Å². The summed E-state index contributed by atoms with van der Waals surface area (Å²) < 4.78 is 22.4. The summed E-state index contributed by atoms with van der Waals surface area (Å²) in [5.74, 6) is -1.48. The fraction of sp³-hybridized carbons (Fsp3) is 0.286. The van der Waals surface area contributed by atoms with Gasteiger partial charge in [-0.25, -0.2) is 14.2 Å². The number of ether oxygens (including phenoxy) is 1. The van der Waals surface area contributed by atoms with E-state index in [1.54, 1.807) is 19.1 Å². The average molecular weight is 495 g/mol. The molecule has 35 heavy (non-hydrogen) atoms. The molecule has 1 N–H and O–H groups in total. The summed E-state index contributed by atoms with van der Waals surface area (Å²) in [5.41, 5.74) is 4.18. The van der Waals surface area contributed by atoms with Gasteiger partial charge in [-0.15, -0.1) is 0 Å². The molecule has 0 aliphatic heterocycles. The smallest absolute Gasteiger partial charge is 0.337 e. The summed E-state index contributed by atoms with van der Waals surface area (Å²) in [6.45, 7) is 9.52. The van der Waals surface area contributed by atoms with E-state index in [0.29, 0.717) is 27.5 Å². The van der Waals surface area contributed by atoms with Gasteiger partial charge in [-0.2, -0.15) is 0 Å². The van der Waals surface area contributed by atoms with E-state index in [9.17, 15) is 14.3 Å². The zero-order valence-electron chi connectivity index (χ0n) is 20.4. The number of hydrogen-bond donors (Lipinski definition) is 1. The Balaban J connectivity index is 1.96. The summed E-state index contributed by atoms with van der Waals surface area (Å²) in [6, 6.07) is 14.4. The van der Waals surface area contributed by atoms with Crippen LogP contribution < -0.4 is 0 Å². The maximum atomic E-state index is 14.5. The molecule has 0 spiro atoms. The van der Waals surface area contributed by atoms with Crippen LogP contribution in [-0.4, -0.2) is 26.2 Å². The maximum absolute atomic E-state index is 14.5. The van der Waals surface area contributed by atoms with Crippen LogP contribution in [0.25, 0.3) is 22.2 Å². The molecular weight excluding hydrogens is 467 g/mol. The quantitative estimate of drug-likeness (QED) is 0.310. The lowest BCUT2D eigenvalue weighted by molar-refractivity contribution is -0.160. The Kier molecular flexibility index (Phi) is 6.71. The first-order chi connectivity index (χ1) is 16.4. The van der Waals surface area contributed by atoms with Gasteiger partial charge in [0.15, 0.2) is 6.10 Å². The molecule has 7 heteroatoms. The minimum Gasteiger partial charge on any atom is -0.479 e. The van der Waals surface area contributed by atoms with Crippen LogP contribution in [0.15, 0.2) is 54.7 Å². The molecule has 0 amide bonds. The number of pyridine rings is 1. The van der Waals surface area contributed by atoms with E-state index in [4.69, 9.17) is 21.3 Å². The van der Waals surface area contributed by atoms with Crippen molar-refractivity contribution in [3.8, 4) is 11.1 Å². The highest BCUT2D eigenvalue weighted by Gasteiger charge is 2.32. The van der Waals surface area contributed by atoms with Crippen molar-refractivity contribution in [2.75, 3.05) is 0 Å². The number of rotatable bonds is 6. The van der Waals surface area contributed by atoms with Gasteiger partial charge >= 0.3 is 5.97 Å². The van der Waals surface area contributed by atoms with Crippen LogP contribution in [0, 0.1) is 19.7 Å². The van der Waals surface area contributed by atoms with Crippen molar-refractivity contribution in [2.24, 2.45) is 0 Å². The molecule has 0 fully saturated rings. The van der Waals surface area contributed by atoms with Crippen molar-refractivity contribution in [1.29, 1.82) is 0 Å². The largest absolute Gasteiger partial charge is 0.479 e. The third-order valence-corrected chi connectivity index (χ3v) is 6.03. The first-order valence-electron chi connectivity index (χ1n) is 11.4. The minimum absolute atomic E-state index is 0.256. The van der Waals surface area contributed by atoms with Crippen molar-refractivity contribution in [3.63, 3.8) is 0 Å². The zero-order valence-corrected chi connectivity index (χ0v) is 21.2. The van der Waals surface area contributed by atoms with Crippen LogP contribution >= 0.6 is 11.6 Å². The van der Waals surface area contributed by atoms with Crippen molar-refractivity contribution in [1.82, 2.24) is 9.55 Å². The van der Waals surface area contributed by atoms with E-state index in [1.807, 2.05) is 68.8 Å². The Hall–Kier alpha value is -3.22. The maximum Gasteiger partial charge on any atom is 0.337 e. The number of halogens is 2. The summed E-state index contributed by atoms with van der Waals surface area (Å²) in [5, 5.41) is 11.3. The molecule has 0 aliphatic rings. The van der Waals surface area contributed by atoms with E-state index in [0.717, 1.165) is 22.1 Å². The van der Waals surface area contributed by atoms with Crippen LogP contribution in [0.2, 0.25) is 5.02 Å². The van der Waals surface area contributed by atoms with Gasteiger partial charge < -0.3 is 14.4 Å². The van der Waals surface area contributed by atoms with Crippen LogP contribution in [0.3, 0.4) is 0 Å². The van der Waals surface area contributed by atoms with E-state index >= 15 is 0 Å². The van der Waals surface area contributed by atoms with Crippen molar-refractivity contribution in [3.05, 3.63) is 88.0 Å². The molecule has 182 valence electrons. The molecule has 0 saturated carbocycles. The number of fused-ring (bicyclic) bond motifs is 1. The summed E-state index contributed by atoms with van der Waals surface area (Å²) in [7, 11) is 0. The lowest BCUT2D eigenvalue weighted by Gasteiger charge is -2.28. The van der Waals surface area contributed by atoms with Gasteiger partial charge in [0, 0.05) is 39.0 Å². The van der Waals surface area contributed by atoms with Crippen LogP contribution in [-0.2, 0) is 16.1 Å². The number of aromatic nitrogens is 2. The second-order valence-electron chi connectivity index (χ2n) is 9.72. The van der Waals surface area contributed by atoms with Crippen LogP contribution in [0.5, 0.6) is 0 Å². The lowest BCUT2D eigenvalue weighted by atomic mass is 9.92. The molecule has 0 saturated heterocycles. The summed E-state index contributed by atoms with van der Waals surface area (Å²) in [6.07, 6.45) is 0.632. The number of aliphatic carboxylic acids is 1. The molecule has 2 aromatic heterocycles. The van der Waals surface area contributed by atoms with Gasteiger partial charge in [-0.3, -0.25) is 0 Å². The van der Waals surface area contributed by atoms with Gasteiger partial charge in [0.25, 0.3) is 0 Å². The number of hydrogen-bond acceptors (Lipinski definition) is 3. The molecule has 5 nitrogen and oxygen atoms in total. The van der Waals surface area contributed by atoms with Gasteiger partial charge in [-0.05, 0) is 58.4 Å². The summed E-state index contributed by atoms with van der Waals surface area (Å²) in [4.78, 5) is 17.2. The lowest BCUT2D eigenvalue weighted by Crippen LogP contribution is -2.28. The van der Waals surface area contributed by atoms with Crippen molar-refractivity contribution < 1.29 is 19.0 Å². The zero-order chi connectivity index (χ0) is 25.5. The molecule has 4 aromatic rings. The van der Waals surface area contributed by atoms with E-state index in [-0.39, 0.29) is 6.54 Å². The Morgan fingerprint density at radius 2 is 1.83 bits per heavy atom. The predicted molar refractivity (Wildman–Crippen MR) is 136 cm³/mol. The molecule has 0 aliphatic carbocycles. The number of benzene rings is 2. The van der Waals surface area contributed by atoms with Gasteiger partial charge in [0.2, 0.25) is 0 Å². The molecule has 1 unspecified atom stereocenters. The highest BCUT2D eigenvalue weighted by atomic mass is 35.5. The Morgan fingerprint density at radius 1 is 1.14 bits per heavy atom. The number of carboxylic acid groups (broad SMARTS) is 1. The highest BCUT2D eigenvalue weighted by molar-refractivity contribution is 6.30. The second kappa shape index (κ2) is 9.44. The molecule has 2 heterocycles. The third kappa shape index (κ3) is 5.24. The molecular formula is C28H28ClFN2O3. The number of carbonyl (C=O) groups is 1. The molecule has 0 bridgehead atoms. The van der Waals surface area contributed by atoms with Gasteiger partial charge in [0.1, 0.15) is 11.5 Å². The van der Waals surface area contributed by atoms with E-state index in [2.05, 4.69) is 0 Å². The fourth-order valence-electron chi connectivity index (χ4n) is 4.23. The molecule has 2 aromatic carbocycles. The molecule has 4 rings (SSSR count). The van der Waals surface area contributed by atoms with Gasteiger partial charge in [-0.1, -0.05) is 47.5 Å². The summed E-state index contributed by atoms with van der Waals surface area (Å²) >= 11 is 5.91. The number of carboxylic acids is 1. The fourth-order valence-corrected chi connectivity index (χ4v) is 4.39. The second-order valence-corrected chi connectivity index (χ2v) is 10.2. The number of nitrogens with zero attached hydrogens (tertiary/aromatic N) is 2. The molecule has 1 atom stereocenters. The average Bonchev–Trinajstić information content (AvgIpc) is 3.15. The predicted octanol–water partition coefficient (Wildman–Crippen LogP) is 7.10.